The predicted molar refractivity (Wildman–Crippen MR) is 93.4 cm³/mol. The summed E-state index contributed by atoms with van der Waals surface area (Å²) in [6.07, 6.45) is 1.37. The molecule has 2 aliphatic rings. The van der Waals surface area contributed by atoms with Crippen molar-refractivity contribution >= 4 is 29.4 Å². The van der Waals surface area contributed by atoms with Crippen molar-refractivity contribution in [1.82, 2.24) is 9.80 Å². The topological polar surface area (TPSA) is 76.2 Å². The van der Waals surface area contributed by atoms with Crippen LogP contribution >= 0.6 is 11.6 Å². The molecule has 26 heavy (non-hydrogen) atoms. The maximum Gasteiger partial charge on any atom is 0.325 e. The Bertz CT molecular complexity index is 717. The SMILES string of the molecule is COC(=O)CN1CC(=O)N(Cc2ccc(Cl)cc2)C2(CC2)C1C(=O)OC. The van der Waals surface area contributed by atoms with Gasteiger partial charge in [0.05, 0.1) is 32.8 Å². The number of benzene rings is 1. The summed E-state index contributed by atoms with van der Waals surface area (Å²) in [5.41, 5.74) is 0.287. The first-order valence-electron chi connectivity index (χ1n) is 8.35. The second kappa shape index (κ2) is 7.25. The molecule has 140 valence electrons. The van der Waals surface area contributed by atoms with E-state index < -0.39 is 23.5 Å². The van der Waals surface area contributed by atoms with Crippen molar-refractivity contribution in [3.63, 3.8) is 0 Å². The highest BCUT2D eigenvalue weighted by molar-refractivity contribution is 6.30. The molecule has 1 aromatic carbocycles. The molecule has 1 saturated heterocycles. The largest absolute Gasteiger partial charge is 0.468 e. The van der Waals surface area contributed by atoms with Crippen LogP contribution in [0.2, 0.25) is 5.02 Å². The van der Waals surface area contributed by atoms with Gasteiger partial charge in [0, 0.05) is 11.6 Å². The van der Waals surface area contributed by atoms with Crippen LogP contribution in [0.5, 0.6) is 0 Å². The van der Waals surface area contributed by atoms with Crippen molar-refractivity contribution in [2.24, 2.45) is 0 Å². The maximum atomic E-state index is 12.8. The van der Waals surface area contributed by atoms with Gasteiger partial charge in [0.15, 0.2) is 0 Å². The summed E-state index contributed by atoms with van der Waals surface area (Å²) >= 11 is 5.92. The molecule has 1 aliphatic carbocycles. The highest BCUT2D eigenvalue weighted by Crippen LogP contribution is 2.49. The van der Waals surface area contributed by atoms with Crippen LogP contribution in [0.3, 0.4) is 0 Å². The first-order chi connectivity index (χ1) is 12.4. The van der Waals surface area contributed by atoms with Gasteiger partial charge in [0.25, 0.3) is 0 Å². The summed E-state index contributed by atoms with van der Waals surface area (Å²) < 4.78 is 9.67. The lowest BCUT2D eigenvalue weighted by atomic mass is 9.97. The number of esters is 2. The number of halogens is 1. The van der Waals surface area contributed by atoms with E-state index in [4.69, 9.17) is 21.1 Å². The zero-order valence-electron chi connectivity index (χ0n) is 14.7. The molecule has 1 spiro atoms. The first-order valence-corrected chi connectivity index (χ1v) is 8.72. The van der Waals surface area contributed by atoms with E-state index in [2.05, 4.69) is 0 Å². The Kier molecular flexibility index (Phi) is 5.20. The van der Waals surface area contributed by atoms with Gasteiger partial charge in [-0.15, -0.1) is 0 Å². The summed E-state index contributed by atoms with van der Waals surface area (Å²) in [6, 6.07) is 6.58. The molecule has 7 nitrogen and oxygen atoms in total. The van der Waals surface area contributed by atoms with Crippen LogP contribution in [0.4, 0.5) is 0 Å². The third-order valence-corrected chi connectivity index (χ3v) is 5.30. The third kappa shape index (κ3) is 3.41. The van der Waals surface area contributed by atoms with Crippen LogP contribution in [0, 0.1) is 0 Å². The molecule has 0 aromatic heterocycles. The minimum absolute atomic E-state index is 0.0375. The molecule has 1 aromatic rings. The summed E-state index contributed by atoms with van der Waals surface area (Å²) in [6.45, 7) is 0.221. The lowest BCUT2D eigenvalue weighted by Gasteiger charge is -2.46. The van der Waals surface area contributed by atoms with Crippen LogP contribution in [0.25, 0.3) is 0 Å². The van der Waals surface area contributed by atoms with Gasteiger partial charge in [-0.1, -0.05) is 23.7 Å². The van der Waals surface area contributed by atoms with E-state index in [1.807, 2.05) is 12.1 Å². The molecule has 3 rings (SSSR count). The number of carbonyl (C=O) groups is 3. The Morgan fingerprint density at radius 2 is 1.85 bits per heavy atom. The monoisotopic (exact) mass is 380 g/mol. The fourth-order valence-corrected chi connectivity index (χ4v) is 3.76. The Labute approximate surface area is 156 Å². The fraction of sp³-hybridized carbons (Fsp3) is 0.500. The average Bonchev–Trinajstić information content (AvgIpc) is 3.40. The van der Waals surface area contributed by atoms with E-state index >= 15 is 0 Å². The van der Waals surface area contributed by atoms with Crippen LogP contribution in [-0.2, 0) is 30.4 Å². The quantitative estimate of drug-likeness (QED) is 0.715. The fourth-order valence-electron chi connectivity index (χ4n) is 3.63. The van der Waals surface area contributed by atoms with Gasteiger partial charge in [-0.25, -0.2) is 0 Å². The highest BCUT2D eigenvalue weighted by atomic mass is 35.5. The van der Waals surface area contributed by atoms with Crippen molar-refractivity contribution in [3.8, 4) is 0 Å². The number of methoxy groups -OCH3 is 2. The van der Waals surface area contributed by atoms with Gasteiger partial charge >= 0.3 is 11.9 Å². The molecule has 1 saturated carbocycles. The summed E-state index contributed by atoms with van der Waals surface area (Å²) in [5, 5.41) is 0.622. The average molecular weight is 381 g/mol. The molecule has 1 aliphatic heterocycles. The van der Waals surface area contributed by atoms with E-state index in [1.165, 1.54) is 14.2 Å². The van der Waals surface area contributed by atoms with E-state index in [-0.39, 0.29) is 19.0 Å². The van der Waals surface area contributed by atoms with Crippen LogP contribution in [0.1, 0.15) is 18.4 Å². The van der Waals surface area contributed by atoms with E-state index in [1.54, 1.807) is 21.9 Å². The molecule has 1 atom stereocenters. The number of hydrogen-bond donors (Lipinski definition) is 0. The zero-order chi connectivity index (χ0) is 18.9. The molecular formula is C18H21ClN2O5. The third-order valence-electron chi connectivity index (χ3n) is 5.05. The molecule has 8 heteroatoms. The van der Waals surface area contributed by atoms with Crippen molar-refractivity contribution in [3.05, 3.63) is 34.9 Å². The predicted octanol–water partition coefficient (Wildman–Crippen LogP) is 1.23. The van der Waals surface area contributed by atoms with Gasteiger partial charge in [-0.2, -0.15) is 0 Å². The second-order valence-corrected chi connectivity index (χ2v) is 7.05. The van der Waals surface area contributed by atoms with Gasteiger partial charge in [-0.05, 0) is 30.5 Å². The van der Waals surface area contributed by atoms with Crippen LogP contribution in [-0.4, -0.2) is 66.5 Å². The molecule has 1 amide bonds. The molecule has 1 unspecified atom stereocenters. The number of hydrogen-bond acceptors (Lipinski definition) is 6. The molecule has 1 heterocycles. The van der Waals surface area contributed by atoms with Crippen LogP contribution < -0.4 is 0 Å². The Morgan fingerprint density at radius 1 is 1.19 bits per heavy atom. The van der Waals surface area contributed by atoms with Crippen molar-refractivity contribution in [2.45, 2.75) is 31.0 Å². The smallest absolute Gasteiger partial charge is 0.325 e. The molecule has 0 N–H and O–H groups in total. The van der Waals surface area contributed by atoms with E-state index in [9.17, 15) is 14.4 Å². The number of amides is 1. The van der Waals surface area contributed by atoms with Gasteiger partial charge < -0.3 is 14.4 Å². The molecule has 0 radical (unpaired) electrons. The van der Waals surface area contributed by atoms with Crippen molar-refractivity contribution < 1.29 is 23.9 Å². The zero-order valence-corrected chi connectivity index (χ0v) is 15.5. The number of nitrogens with zero attached hydrogens (tertiary/aromatic N) is 2. The second-order valence-electron chi connectivity index (χ2n) is 6.62. The number of carbonyl (C=O) groups excluding carboxylic acids is 3. The number of piperazine rings is 1. The van der Waals surface area contributed by atoms with E-state index in [0.29, 0.717) is 24.4 Å². The Balaban J connectivity index is 1.88. The first kappa shape index (κ1) is 18.7. The standard InChI is InChI=1S/C18H21ClN2O5/c1-25-15(23)11-20-10-14(22)21(9-12-3-5-13(19)6-4-12)18(7-8-18)16(20)17(24)26-2/h3-6,16H,7-11H2,1-2H3. The van der Waals surface area contributed by atoms with E-state index in [0.717, 1.165) is 5.56 Å². The van der Waals surface area contributed by atoms with Gasteiger partial charge in [0.2, 0.25) is 5.91 Å². The maximum absolute atomic E-state index is 12.8. The molecule has 2 fully saturated rings. The lowest BCUT2D eigenvalue weighted by Crippen LogP contribution is -2.67. The molecule has 0 bridgehead atoms. The minimum Gasteiger partial charge on any atom is -0.468 e. The number of rotatable bonds is 5. The normalized spacial score (nSPS) is 21.6. The van der Waals surface area contributed by atoms with Gasteiger partial charge in [-0.3, -0.25) is 19.3 Å². The molecular weight excluding hydrogens is 360 g/mol. The van der Waals surface area contributed by atoms with Crippen molar-refractivity contribution in [2.75, 3.05) is 27.3 Å². The summed E-state index contributed by atoms with van der Waals surface area (Å²) in [4.78, 5) is 40.3. The Hall–Kier alpha value is -2.12. The Morgan fingerprint density at radius 3 is 2.38 bits per heavy atom. The highest BCUT2D eigenvalue weighted by Gasteiger charge is 2.63. The van der Waals surface area contributed by atoms with Gasteiger partial charge in [0.1, 0.15) is 6.04 Å². The summed E-state index contributed by atoms with van der Waals surface area (Å²) in [7, 11) is 2.59. The van der Waals surface area contributed by atoms with Crippen LogP contribution in [0.15, 0.2) is 24.3 Å². The van der Waals surface area contributed by atoms with Crippen molar-refractivity contribution in [1.29, 1.82) is 0 Å². The summed E-state index contributed by atoms with van der Waals surface area (Å²) in [5.74, 6) is -1.06. The number of ether oxygens (including phenoxy) is 2. The lowest BCUT2D eigenvalue weighted by molar-refractivity contribution is -0.164. The minimum atomic E-state index is -0.684.